The molecule has 0 saturated carbocycles. The van der Waals surface area contributed by atoms with Crippen LogP contribution in [0.2, 0.25) is 0 Å². The minimum absolute atomic E-state index is 0.125. The SMILES string of the molecule is O=C(c1ccc2ccccc2c1)c1ncco1. The number of hydrogen-bond acceptors (Lipinski definition) is 3. The van der Waals surface area contributed by atoms with E-state index in [1.165, 1.54) is 12.5 Å². The lowest BCUT2D eigenvalue weighted by atomic mass is 10.0. The van der Waals surface area contributed by atoms with Crippen LogP contribution in [0.3, 0.4) is 0 Å². The summed E-state index contributed by atoms with van der Waals surface area (Å²) in [4.78, 5) is 15.9. The molecule has 0 fully saturated rings. The van der Waals surface area contributed by atoms with Crippen LogP contribution in [0.25, 0.3) is 10.8 Å². The fraction of sp³-hybridized carbons (Fsp3) is 0. The molecule has 0 saturated heterocycles. The molecule has 0 spiro atoms. The molecule has 3 aromatic rings. The minimum Gasteiger partial charge on any atom is -0.442 e. The molecule has 82 valence electrons. The largest absolute Gasteiger partial charge is 0.442 e. The standard InChI is InChI=1S/C14H9NO2/c16-13(14-15-7-8-17-14)12-6-5-10-3-1-2-4-11(10)9-12/h1-9H. The van der Waals surface area contributed by atoms with E-state index >= 15 is 0 Å². The molecule has 0 aliphatic carbocycles. The normalized spacial score (nSPS) is 10.6. The third-order valence-corrected chi connectivity index (χ3v) is 2.64. The Labute approximate surface area is 97.7 Å². The molecule has 0 atom stereocenters. The maximum Gasteiger partial charge on any atom is 0.268 e. The van der Waals surface area contributed by atoms with Crippen molar-refractivity contribution >= 4 is 16.6 Å². The van der Waals surface area contributed by atoms with Gasteiger partial charge in [0.15, 0.2) is 0 Å². The molecule has 2 aromatic carbocycles. The van der Waals surface area contributed by atoms with Crippen LogP contribution < -0.4 is 0 Å². The highest BCUT2D eigenvalue weighted by atomic mass is 16.3. The van der Waals surface area contributed by atoms with E-state index in [1.807, 2.05) is 36.4 Å². The Morgan fingerprint density at radius 1 is 1.06 bits per heavy atom. The summed E-state index contributed by atoms with van der Waals surface area (Å²) in [5.41, 5.74) is 0.589. The fourth-order valence-corrected chi connectivity index (χ4v) is 1.79. The number of carbonyl (C=O) groups is 1. The van der Waals surface area contributed by atoms with Gasteiger partial charge in [-0.1, -0.05) is 36.4 Å². The van der Waals surface area contributed by atoms with Crippen molar-refractivity contribution in [3.05, 3.63) is 66.4 Å². The zero-order chi connectivity index (χ0) is 11.7. The van der Waals surface area contributed by atoms with Gasteiger partial charge in [0.2, 0.25) is 5.78 Å². The van der Waals surface area contributed by atoms with Gasteiger partial charge in [0.25, 0.3) is 5.89 Å². The van der Waals surface area contributed by atoms with Gasteiger partial charge in [0.05, 0.1) is 6.20 Å². The number of carbonyl (C=O) groups excluding carboxylic acids is 1. The maximum absolute atomic E-state index is 12.0. The lowest BCUT2D eigenvalue weighted by Crippen LogP contribution is -2.01. The van der Waals surface area contributed by atoms with Crippen molar-refractivity contribution in [2.24, 2.45) is 0 Å². The zero-order valence-corrected chi connectivity index (χ0v) is 8.96. The Balaban J connectivity index is 2.09. The minimum atomic E-state index is -0.194. The molecule has 0 unspecified atom stereocenters. The van der Waals surface area contributed by atoms with Crippen molar-refractivity contribution in [1.82, 2.24) is 4.98 Å². The molecule has 1 heterocycles. The van der Waals surface area contributed by atoms with Gasteiger partial charge < -0.3 is 4.42 Å². The average molecular weight is 223 g/mol. The first-order chi connectivity index (χ1) is 8.34. The number of benzene rings is 2. The van der Waals surface area contributed by atoms with Crippen molar-refractivity contribution < 1.29 is 9.21 Å². The van der Waals surface area contributed by atoms with Crippen molar-refractivity contribution in [1.29, 1.82) is 0 Å². The van der Waals surface area contributed by atoms with Crippen LogP contribution in [0.1, 0.15) is 16.2 Å². The summed E-state index contributed by atoms with van der Waals surface area (Å²) in [6, 6.07) is 13.5. The van der Waals surface area contributed by atoms with E-state index < -0.39 is 0 Å². The highest BCUT2D eigenvalue weighted by Crippen LogP contribution is 2.17. The lowest BCUT2D eigenvalue weighted by Gasteiger charge is -2.00. The van der Waals surface area contributed by atoms with E-state index in [9.17, 15) is 4.79 Å². The number of rotatable bonds is 2. The number of oxazole rings is 1. The van der Waals surface area contributed by atoms with Crippen molar-refractivity contribution in [2.75, 3.05) is 0 Å². The molecule has 3 rings (SSSR count). The van der Waals surface area contributed by atoms with E-state index in [2.05, 4.69) is 4.98 Å². The summed E-state index contributed by atoms with van der Waals surface area (Å²) in [6.45, 7) is 0. The zero-order valence-electron chi connectivity index (χ0n) is 8.96. The van der Waals surface area contributed by atoms with E-state index in [-0.39, 0.29) is 11.7 Å². The lowest BCUT2D eigenvalue weighted by molar-refractivity contribution is 0.100. The molecular formula is C14H9NO2. The molecule has 17 heavy (non-hydrogen) atoms. The predicted molar refractivity (Wildman–Crippen MR) is 63.9 cm³/mol. The quantitative estimate of drug-likeness (QED) is 0.627. The van der Waals surface area contributed by atoms with Crippen LogP contribution >= 0.6 is 0 Å². The van der Waals surface area contributed by atoms with Crippen LogP contribution in [0, 0.1) is 0 Å². The topological polar surface area (TPSA) is 43.1 Å². The van der Waals surface area contributed by atoms with Gasteiger partial charge in [0.1, 0.15) is 6.26 Å². The Bertz CT molecular complexity index is 672. The van der Waals surface area contributed by atoms with Gasteiger partial charge in [-0.15, -0.1) is 0 Å². The first-order valence-corrected chi connectivity index (χ1v) is 5.27. The van der Waals surface area contributed by atoms with E-state index in [4.69, 9.17) is 4.42 Å². The Kier molecular flexibility index (Phi) is 2.22. The highest BCUT2D eigenvalue weighted by molar-refractivity contribution is 6.07. The van der Waals surface area contributed by atoms with Gasteiger partial charge in [-0.3, -0.25) is 4.79 Å². The molecule has 0 amide bonds. The van der Waals surface area contributed by atoms with Gasteiger partial charge in [0, 0.05) is 5.56 Å². The van der Waals surface area contributed by atoms with Gasteiger partial charge in [-0.05, 0) is 16.8 Å². The van der Waals surface area contributed by atoms with Crippen molar-refractivity contribution in [2.45, 2.75) is 0 Å². The monoisotopic (exact) mass is 223 g/mol. The van der Waals surface area contributed by atoms with Gasteiger partial charge in [-0.25, -0.2) is 4.98 Å². The summed E-state index contributed by atoms with van der Waals surface area (Å²) in [5, 5.41) is 2.14. The Morgan fingerprint density at radius 2 is 1.88 bits per heavy atom. The van der Waals surface area contributed by atoms with Crippen LogP contribution in [0.5, 0.6) is 0 Å². The molecule has 0 aliphatic heterocycles. The summed E-state index contributed by atoms with van der Waals surface area (Å²) in [6.07, 6.45) is 2.86. The molecule has 0 bridgehead atoms. The summed E-state index contributed by atoms with van der Waals surface area (Å²) >= 11 is 0. The number of ketones is 1. The van der Waals surface area contributed by atoms with Gasteiger partial charge in [-0.2, -0.15) is 0 Å². The molecule has 3 nitrogen and oxygen atoms in total. The van der Waals surface area contributed by atoms with Crippen LogP contribution in [0.15, 0.2) is 59.3 Å². The second-order valence-corrected chi connectivity index (χ2v) is 3.73. The molecule has 1 aromatic heterocycles. The average Bonchev–Trinajstić information content (AvgIpc) is 2.91. The summed E-state index contributed by atoms with van der Waals surface area (Å²) < 4.78 is 5.00. The third kappa shape index (κ3) is 1.72. The molecule has 0 N–H and O–H groups in total. The number of nitrogens with zero attached hydrogens (tertiary/aromatic N) is 1. The third-order valence-electron chi connectivity index (χ3n) is 2.64. The second kappa shape index (κ2) is 3.87. The Morgan fingerprint density at radius 3 is 2.65 bits per heavy atom. The van der Waals surface area contributed by atoms with Gasteiger partial charge >= 0.3 is 0 Å². The van der Waals surface area contributed by atoms with E-state index in [1.54, 1.807) is 6.07 Å². The van der Waals surface area contributed by atoms with Crippen molar-refractivity contribution in [3.8, 4) is 0 Å². The number of fused-ring (bicyclic) bond motifs is 1. The van der Waals surface area contributed by atoms with Crippen LogP contribution in [-0.2, 0) is 0 Å². The predicted octanol–water partition coefficient (Wildman–Crippen LogP) is 3.06. The molecule has 0 aliphatic rings. The van der Waals surface area contributed by atoms with Crippen LogP contribution in [0.4, 0.5) is 0 Å². The maximum atomic E-state index is 12.0. The first-order valence-electron chi connectivity index (χ1n) is 5.27. The Hall–Kier alpha value is -2.42. The van der Waals surface area contributed by atoms with E-state index in [0.29, 0.717) is 5.56 Å². The number of aromatic nitrogens is 1. The molecule has 0 radical (unpaired) electrons. The fourth-order valence-electron chi connectivity index (χ4n) is 1.79. The van der Waals surface area contributed by atoms with Crippen LogP contribution in [-0.4, -0.2) is 10.8 Å². The highest BCUT2D eigenvalue weighted by Gasteiger charge is 2.13. The first kappa shape index (κ1) is 9.78. The molecule has 3 heteroatoms. The smallest absolute Gasteiger partial charge is 0.268 e. The summed E-state index contributed by atoms with van der Waals surface area (Å²) in [7, 11) is 0. The molecular weight excluding hydrogens is 214 g/mol. The second-order valence-electron chi connectivity index (χ2n) is 3.73. The van der Waals surface area contributed by atoms with Crippen molar-refractivity contribution in [3.63, 3.8) is 0 Å². The summed E-state index contributed by atoms with van der Waals surface area (Å²) in [5.74, 6) is -0.0685. The van der Waals surface area contributed by atoms with E-state index in [0.717, 1.165) is 10.8 Å². The number of hydrogen-bond donors (Lipinski definition) is 0.